The largest absolute Gasteiger partial charge is 0.481 e. The summed E-state index contributed by atoms with van der Waals surface area (Å²) in [7, 11) is 2.71. The standard InChI is InChI=1S/C8H9NO4/c1-12-7-3-6(11)8(13-2)5(4-10)9-7/h3-4,8H,1-2H3. The molecule has 70 valence electrons. The second kappa shape index (κ2) is 3.95. The van der Waals surface area contributed by atoms with Gasteiger partial charge in [0.05, 0.1) is 7.11 Å². The van der Waals surface area contributed by atoms with Gasteiger partial charge in [0.2, 0.25) is 5.88 Å². The number of aldehydes is 1. The Bertz CT molecular complexity index is 293. The highest BCUT2D eigenvalue weighted by molar-refractivity contribution is 6.37. The van der Waals surface area contributed by atoms with Gasteiger partial charge in [-0.1, -0.05) is 0 Å². The smallest absolute Gasteiger partial charge is 0.217 e. The van der Waals surface area contributed by atoms with Crippen LogP contribution in [0.5, 0.6) is 0 Å². The summed E-state index contributed by atoms with van der Waals surface area (Å²) in [4.78, 5) is 25.5. The van der Waals surface area contributed by atoms with E-state index in [1.807, 2.05) is 0 Å². The van der Waals surface area contributed by atoms with Crippen molar-refractivity contribution in [2.75, 3.05) is 14.2 Å². The Kier molecular flexibility index (Phi) is 2.92. The minimum absolute atomic E-state index is 0.0341. The molecule has 0 fully saturated rings. The van der Waals surface area contributed by atoms with Gasteiger partial charge in [0.25, 0.3) is 0 Å². The van der Waals surface area contributed by atoms with Crippen molar-refractivity contribution in [3.63, 3.8) is 0 Å². The van der Waals surface area contributed by atoms with Crippen molar-refractivity contribution in [1.29, 1.82) is 0 Å². The van der Waals surface area contributed by atoms with Crippen LogP contribution in [0.3, 0.4) is 0 Å². The predicted molar refractivity (Wildman–Crippen MR) is 44.4 cm³/mol. The zero-order valence-electron chi connectivity index (χ0n) is 7.31. The maximum Gasteiger partial charge on any atom is 0.217 e. The van der Waals surface area contributed by atoms with E-state index in [9.17, 15) is 9.59 Å². The normalized spacial score (nSPS) is 22.0. The molecular weight excluding hydrogens is 174 g/mol. The van der Waals surface area contributed by atoms with E-state index in [0.717, 1.165) is 0 Å². The van der Waals surface area contributed by atoms with Crippen molar-refractivity contribution in [3.05, 3.63) is 12.0 Å². The van der Waals surface area contributed by atoms with Crippen molar-refractivity contribution in [1.82, 2.24) is 0 Å². The van der Waals surface area contributed by atoms with Crippen molar-refractivity contribution in [2.45, 2.75) is 6.10 Å². The fraction of sp³-hybridized carbons (Fsp3) is 0.375. The second-order valence-electron chi connectivity index (χ2n) is 2.36. The first kappa shape index (κ1) is 9.60. The van der Waals surface area contributed by atoms with Gasteiger partial charge in [0.15, 0.2) is 18.2 Å². The zero-order valence-corrected chi connectivity index (χ0v) is 7.31. The van der Waals surface area contributed by atoms with Gasteiger partial charge < -0.3 is 9.47 Å². The van der Waals surface area contributed by atoms with Crippen molar-refractivity contribution < 1.29 is 19.1 Å². The van der Waals surface area contributed by atoms with Crippen molar-refractivity contribution in [2.24, 2.45) is 4.99 Å². The first-order chi connectivity index (χ1) is 6.22. The summed E-state index contributed by atoms with van der Waals surface area (Å²) in [6.45, 7) is 0. The number of ketones is 1. The Morgan fingerprint density at radius 1 is 1.54 bits per heavy atom. The Morgan fingerprint density at radius 2 is 2.23 bits per heavy atom. The van der Waals surface area contributed by atoms with Crippen LogP contribution in [-0.2, 0) is 19.1 Å². The molecule has 13 heavy (non-hydrogen) atoms. The summed E-state index contributed by atoms with van der Waals surface area (Å²) in [5.74, 6) is -0.211. The number of rotatable bonds is 3. The number of carbonyl (C=O) groups excluding carboxylic acids is 2. The predicted octanol–water partition coefficient (Wildman–Crippen LogP) is -0.288. The van der Waals surface area contributed by atoms with Gasteiger partial charge in [-0.05, 0) is 0 Å². The first-order valence-corrected chi connectivity index (χ1v) is 3.59. The Labute approximate surface area is 75.0 Å². The Balaban J connectivity index is 2.99. The van der Waals surface area contributed by atoms with Crippen LogP contribution in [0.1, 0.15) is 0 Å². The molecule has 0 amide bonds. The first-order valence-electron chi connectivity index (χ1n) is 3.59. The SMILES string of the molecule is COC1=CC(=O)C(OC)C(C=O)=N1. The Morgan fingerprint density at radius 3 is 2.69 bits per heavy atom. The van der Waals surface area contributed by atoms with Crippen molar-refractivity contribution in [3.8, 4) is 0 Å². The highest BCUT2D eigenvalue weighted by Gasteiger charge is 2.27. The molecule has 0 aromatic rings. The van der Waals surface area contributed by atoms with Crippen LogP contribution in [0.25, 0.3) is 0 Å². The second-order valence-corrected chi connectivity index (χ2v) is 2.36. The van der Waals surface area contributed by atoms with Gasteiger partial charge in [-0.3, -0.25) is 9.59 Å². The molecule has 1 heterocycles. The van der Waals surface area contributed by atoms with E-state index in [1.165, 1.54) is 20.3 Å². The van der Waals surface area contributed by atoms with Crippen LogP contribution in [0, 0.1) is 0 Å². The maximum atomic E-state index is 11.2. The zero-order chi connectivity index (χ0) is 9.84. The van der Waals surface area contributed by atoms with Gasteiger partial charge in [0.1, 0.15) is 5.71 Å². The molecule has 1 atom stereocenters. The van der Waals surface area contributed by atoms with E-state index < -0.39 is 6.10 Å². The summed E-state index contributed by atoms with van der Waals surface area (Å²) in [5, 5.41) is 0. The van der Waals surface area contributed by atoms with Crippen LogP contribution < -0.4 is 0 Å². The summed E-state index contributed by atoms with van der Waals surface area (Å²) in [6.07, 6.45) is 0.788. The fourth-order valence-corrected chi connectivity index (χ4v) is 0.991. The topological polar surface area (TPSA) is 65.0 Å². The number of hydrogen-bond acceptors (Lipinski definition) is 5. The number of hydrogen-bond donors (Lipinski definition) is 0. The Hall–Kier alpha value is -1.49. The molecule has 0 aliphatic carbocycles. The molecule has 1 rings (SSSR count). The molecular formula is C8H9NO4. The van der Waals surface area contributed by atoms with E-state index in [1.54, 1.807) is 0 Å². The van der Waals surface area contributed by atoms with Crippen LogP contribution >= 0.6 is 0 Å². The van der Waals surface area contributed by atoms with E-state index in [-0.39, 0.29) is 17.4 Å². The molecule has 0 aromatic carbocycles. The molecule has 0 radical (unpaired) electrons. The molecule has 1 aliphatic heterocycles. The number of methoxy groups -OCH3 is 2. The van der Waals surface area contributed by atoms with Crippen molar-refractivity contribution >= 4 is 17.8 Å². The highest BCUT2D eigenvalue weighted by atomic mass is 16.5. The summed E-state index contributed by atoms with van der Waals surface area (Å²) < 4.78 is 9.51. The quantitative estimate of drug-likeness (QED) is 0.564. The van der Waals surface area contributed by atoms with Gasteiger partial charge in [-0.15, -0.1) is 0 Å². The average Bonchev–Trinajstić information content (AvgIpc) is 2.16. The molecule has 0 saturated heterocycles. The third kappa shape index (κ3) is 1.81. The van der Waals surface area contributed by atoms with E-state index in [2.05, 4.69) is 4.99 Å². The molecule has 0 spiro atoms. The average molecular weight is 183 g/mol. The molecule has 1 aliphatic rings. The highest BCUT2D eigenvalue weighted by Crippen LogP contribution is 2.10. The molecule has 0 N–H and O–H groups in total. The summed E-state index contributed by atoms with van der Waals surface area (Å²) >= 11 is 0. The third-order valence-electron chi connectivity index (χ3n) is 1.60. The monoisotopic (exact) mass is 183 g/mol. The van der Waals surface area contributed by atoms with Gasteiger partial charge in [-0.2, -0.15) is 0 Å². The molecule has 5 heteroatoms. The minimum Gasteiger partial charge on any atom is -0.481 e. The lowest BCUT2D eigenvalue weighted by atomic mass is 10.1. The summed E-state index contributed by atoms with van der Waals surface area (Å²) in [6, 6.07) is 0. The third-order valence-corrected chi connectivity index (χ3v) is 1.60. The van der Waals surface area contributed by atoms with E-state index in [0.29, 0.717) is 6.29 Å². The van der Waals surface area contributed by atoms with Crippen LogP contribution in [0.2, 0.25) is 0 Å². The summed E-state index contributed by atoms with van der Waals surface area (Å²) in [5.41, 5.74) is 0.0341. The number of ether oxygens (including phenoxy) is 2. The molecule has 5 nitrogen and oxygen atoms in total. The van der Waals surface area contributed by atoms with Crippen LogP contribution in [0.15, 0.2) is 17.0 Å². The lowest BCUT2D eigenvalue weighted by Gasteiger charge is -2.15. The van der Waals surface area contributed by atoms with Gasteiger partial charge >= 0.3 is 0 Å². The van der Waals surface area contributed by atoms with Crippen LogP contribution in [0.4, 0.5) is 0 Å². The van der Waals surface area contributed by atoms with Gasteiger partial charge in [0, 0.05) is 13.2 Å². The van der Waals surface area contributed by atoms with Gasteiger partial charge in [-0.25, -0.2) is 4.99 Å². The maximum absolute atomic E-state index is 11.2. The van der Waals surface area contributed by atoms with Crippen LogP contribution in [-0.4, -0.2) is 38.1 Å². The molecule has 1 unspecified atom stereocenters. The molecule has 0 saturated carbocycles. The number of nitrogens with zero attached hydrogens (tertiary/aromatic N) is 1. The fourth-order valence-electron chi connectivity index (χ4n) is 0.991. The number of carbonyl (C=O) groups is 2. The number of aliphatic imine (C=N–C) groups is 1. The minimum atomic E-state index is -0.892. The van der Waals surface area contributed by atoms with E-state index >= 15 is 0 Å². The molecule has 0 aromatic heterocycles. The lowest BCUT2D eigenvalue weighted by molar-refractivity contribution is -0.121. The lowest BCUT2D eigenvalue weighted by Crippen LogP contribution is -2.34. The van der Waals surface area contributed by atoms with E-state index in [4.69, 9.17) is 9.47 Å². The molecule has 0 bridgehead atoms.